The van der Waals surface area contributed by atoms with E-state index in [0.717, 1.165) is 37.8 Å². The predicted octanol–water partition coefficient (Wildman–Crippen LogP) is 6.07. The molecule has 3 aromatic rings. The number of fused-ring (bicyclic) bond motifs is 1. The number of benzene rings is 2. The van der Waals surface area contributed by atoms with E-state index < -0.39 is 0 Å². The van der Waals surface area contributed by atoms with Crippen molar-refractivity contribution in [2.24, 2.45) is 11.8 Å². The van der Waals surface area contributed by atoms with Crippen molar-refractivity contribution in [3.63, 3.8) is 0 Å². The fourth-order valence-electron chi connectivity index (χ4n) is 4.75. The Morgan fingerprint density at radius 2 is 1.79 bits per heavy atom. The van der Waals surface area contributed by atoms with Gasteiger partial charge in [0.05, 0.1) is 22.6 Å². The number of hydrogen-bond donors (Lipinski definition) is 0. The molecule has 180 valence electrons. The summed E-state index contributed by atoms with van der Waals surface area (Å²) in [5.41, 5.74) is 2.62. The number of aromatic nitrogens is 2. The van der Waals surface area contributed by atoms with E-state index in [0.29, 0.717) is 35.6 Å². The van der Waals surface area contributed by atoms with Crippen molar-refractivity contribution in [3.8, 4) is 5.69 Å². The van der Waals surface area contributed by atoms with E-state index in [1.807, 2.05) is 41.3 Å². The average Bonchev–Trinajstić information content (AvgIpc) is 2.80. The fraction of sp³-hybridized carbons (Fsp3) is 0.483. The maximum absolute atomic E-state index is 13.8. The smallest absolute Gasteiger partial charge is 0.266 e. The van der Waals surface area contributed by atoms with Crippen molar-refractivity contribution < 1.29 is 4.79 Å². The summed E-state index contributed by atoms with van der Waals surface area (Å²) in [7, 11) is 0. The highest BCUT2D eigenvalue weighted by molar-refractivity contribution is 5.81. The summed E-state index contributed by atoms with van der Waals surface area (Å²) >= 11 is 0. The van der Waals surface area contributed by atoms with Crippen LogP contribution in [-0.4, -0.2) is 26.9 Å². The Labute approximate surface area is 202 Å². The van der Waals surface area contributed by atoms with Crippen LogP contribution in [0.1, 0.15) is 77.2 Å². The molecule has 1 saturated carbocycles. The Hall–Kier alpha value is -2.95. The van der Waals surface area contributed by atoms with E-state index in [1.165, 1.54) is 5.56 Å². The first-order valence-electron chi connectivity index (χ1n) is 12.9. The van der Waals surface area contributed by atoms with Gasteiger partial charge in [0.1, 0.15) is 5.82 Å². The van der Waals surface area contributed by atoms with Gasteiger partial charge in [-0.3, -0.25) is 14.2 Å². The zero-order valence-corrected chi connectivity index (χ0v) is 21.0. The third kappa shape index (κ3) is 4.79. The standard InChI is InChI=1S/C29H37N3O2/c1-5-21-14-16-23(17-15-21)32-27(30-25-13-8-7-12-24(25)29(32)34)26(6-2)31(19-18-20(3)4)28(33)22-10-9-11-22/h7-8,12-17,20,22,26H,5-6,9-11,18-19H2,1-4H3. The number of nitrogens with zero attached hydrogens (tertiary/aromatic N) is 3. The SMILES string of the molecule is CCc1ccc(-n2c(C(CC)N(CCC(C)C)C(=O)C3CCC3)nc3ccccc3c2=O)cc1. The van der Waals surface area contributed by atoms with E-state index in [9.17, 15) is 9.59 Å². The Kier molecular flexibility index (Phi) is 7.50. The normalized spacial score (nSPS) is 14.9. The summed E-state index contributed by atoms with van der Waals surface area (Å²) in [6, 6.07) is 15.4. The van der Waals surface area contributed by atoms with E-state index >= 15 is 0 Å². The summed E-state index contributed by atoms with van der Waals surface area (Å²) in [5.74, 6) is 1.47. The fourth-order valence-corrected chi connectivity index (χ4v) is 4.75. The summed E-state index contributed by atoms with van der Waals surface area (Å²) in [4.78, 5) is 34.5. The van der Waals surface area contributed by atoms with Gasteiger partial charge in [-0.05, 0) is 67.9 Å². The molecule has 1 amide bonds. The third-order valence-electron chi connectivity index (χ3n) is 7.15. The Morgan fingerprint density at radius 3 is 2.38 bits per heavy atom. The van der Waals surface area contributed by atoms with Crippen LogP contribution in [0, 0.1) is 11.8 Å². The zero-order chi connectivity index (χ0) is 24.2. The molecule has 5 nitrogen and oxygen atoms in total. The number of carbonyl (C=O) groups is 1. The number of rotatable bonds is 9. The highest BCUT2D eigenvalue weighted by Crippen LogP contribution is 2.34. The zero-order valence-electron chi connectivity index (χ0n) is 21.0. The summed E-state index contributed by atoms with van der Waals surface area (Å²) in [6.07, 6.45) is 5.61. The molecular formula is C29H37N3O2. The Morgan fingerprint density at radius 1 is 1.09 bits per heavy atom. The second kappa shape index (κ2) is 10.5. The van der Waals surface area contributed by atoms with Crippen LogP contribution in [0.3, 0.4) is 0 Å². The van der Waals surface area contributed by atoms with Crippen LogP contribution < -0.4 is 5.56 Å². The molecule has 5 heteroatoms. The van der Waals surface area contributed by atoms with Crippen molar-refractivity contribution in [3.05, 3.63) is 70.3 Å². The van der Waals surface area contributed by atoms with Gasteiger partial charge in [-0.15, -0.1) is 0 Å². The number of para-hydroxylation sites is 1. The molecule has 0 N–H and O–H groups in total. The quantitative estimate of drug-likeness (QED) is 0.390. The minimum Gasteiger partial charge on any atom is -0.332 e. The molecule has 1 heterocycles. The van der Waals surface area contributed by atoms with Crippen LogP contribution in [0.15, 0.2) is 53.3 Å². The first-order valence-corrected chi connectivity index (χ1v) is 12.9. The molecule has 0 radical (unpaired) electrons. The molecule has 1 fully saturated rings. The average molecular weight is 460 g/mol. The molecule has 34 heavy (non-hydrogen) atoms. The molecule has 0 spiro atoms. The second-order valence-corrected chi connectivity index (χ2v) is 9.91. The number of aryl methyl sites for hydroxylation is 1. The van der Waals surface area contributed by atoms with Crippen LogP contribution in [0.5, 0.6) is 0 Å². The van der Waals surface area contributed by atoms with Crippen LogP contribution >= 0.6 is 0 Å². The lowest BCUT2D eigenvalue weighted by Gasteiger charge is -2.37. The van der Waals surface area contributed by atoms with E-state index in [-0.39, 0.29) is 23.4 Å². The minimum atomic E-state index is -0.255. The maximum Gasteiger partial charge on any atom is 0.266 e. The van der Waals surface area contributed by atoms with E-state index in [4.69, 9.17) is 4.98 Å². The van der Waals surface area contributed by atoms with E-state index in [2.05, 4.69) is 39.8 Å². The predicted molar refractivity (Wildman–Crippen MR) is 138 cm³/mol. The van der Waals surface area contributed by atoms with Gasteiger partial charge in [0.2, 0.25) is 5.91 Å². The lowest BCUT2D eigenvalue weighted by atomic mass is 9.83. The van der Waals surface area contributed by atoms with Crippen molar-refractivity contribution in [1.82, 2.24) is 14.5 Å². The Balaban J connectivity index is 1.89. The van der Waals surface area contributed by atoms with Crippen molar-refractivity contribution >= 4 is 16.8 Å². The van der Waals surface area contributed by atoms with Crippen LogP contribution in [0.4, 0.5) is 0 Å². The second-order valence-electron chi connectivity index (χ2n) is 9.91. The third-order valence-corrected chi connectivity index (χ3v) is 7.15. The highest BCUT2D eigenvalue weighted by atomic mass is 16.2. The molecule has 1 aliphatic carbocycles. The number of hydrogen-bond acceptors (Lipinski definition) is 3. The molecule has 1 aromatic heterocycles. The van der Waals surface area contributed by atoms with Crippen molar-refractivity contribution in [2.45, 2.75) is 72.3 Å². The van der Waals surface area contributed by atoms with Gasteiger partial charge in [-0.25, -0.2) is 4.98 Å². The highest BCUT2D eigenvalue weighted by Gasteiger charge is 2.35. The van der Waals surface area contributed by atoms with Gasteiger partial charge in [0.25, 0.3) is 5.56 Å². The van der Waals surface area contributed by atoms with Gasteiger partial charge in [-0.2, -0.15) is 0 Å². The molecule has 0 saturated heterocycles. The molecular weight excluding hydrogens is 422 g/mol. The lowest BCUT2D eigenvalue weighted by molar-refractivity contribution is -0.141. The molecule has 2 aromatic carbocycles. The summed E-state index contributed by atoms with van der Waals surface area (Å²) < 4.78 is 1.74. The van der Waals surface area contributed by atoms with Crippen LogP contribution in [0.25, 0.3) is 16.6 Å². The van der Waals surface area contributed by atoms with Gasteiger partial charge >= 0.3 is 0 Å². The first-order chi connectivity index (χ1) is 16.4. The lowest BCUT2D eigenvalue weighted by Crippen LogP contribution is -2.44. The first kappa shape index (κ1) is 24.2. The van der Waals surface area contributed by atoms with Crippen LogP contribution in [-0.2, 0) is 11.2 Å². The topological polar surface area (TPSA) is 55.2 Å². The molecule has 1 aliphatic rings. The van der Waals surface area contributed by atoms with Gasteiger partial charge in [0.15, 0.2) is 0 Å². The molecule has 0 bridgehead atoms. The van der Waals surface area contributed by atoms with Crippen LogP contribution in [0.2, 0.25) is 0 Å². The van der Waals surface area contributed by atoms with E-state index in [1.54, 1.807) is 4.57 Å². The van der Waals surface area contributed by atoms with Gasteiger partial charge in [0, 0.05) is 12.5 Å². The van der Waals surface area contributed by atoms with Crippen molar-refractivity contribution in [2.75, 3.05) is 6.54 Å². The number of carbonyl (C=O) groups excluding carboxylic acids is 1. The summed E-state index contributed by atoms with van der Waals surface area (Å²) in [5, 5.41) is 0.597. The monoisotopic (exact) mass is 459 g/mol. The molecule has 0 aliphatic heterocycles. The van der Waals surface area contributed by atoms with Crippen molar-refractivity contribution in [1.29, 1.82) is 0 Å². The largest absolute Gasteiger partial charge is 0.332 e. The molecule has 4 rings (SSSR count). The Bertz CT molecular complexity index is 1190. The molecule has 1 atom stereocenters. The number of amides is 1. The minimum absolute atomic E-state index is 0.0804. The molecule has 1 unspecified atom stereocenters. The summed E-state index contributed by atoms with van der Waals surface area (Å²) in [6.45, 7) is 9.27. The maximum atomic E-state index is 13.8. The van der Waals surface area contributed by atoms with Gasteiger partial charge in [-0.1, -0.05) is 58.4 Å². The van der Waals surface area contributed by atoms with Gasteiger partial charge < -0.3 is 4.90 Å².